The summed E-state index contributed by atoms with van der Waals surface area (Å²) in [5.74, 6) is -0.0347. The number of benzene rings is 1. The molecule has 0 fully saturated rings. The minimum Gasteiger partial charge on any atom is -0.397 e. The molecule has 0 saturated carbocycles. The van der Waals surface area contributed by atoms with Gasteiger partial charge in [0.2, 0.25) is 5.91 Å². The number of hydrogen-bond acceptors (Lipinski definition) is 6. The largest absolute Gasteiger partial charge is 0.397 e. The fourth-order valence-corrected chi connectivity index (χ4v) is 4.11. The Balaban J connectivity index is 2.12. The molecule has 2 aromatic heterocycles. The Morgan fingerprint density at radius 3 is 2.64 bits per heavy atom. The lowest BCUT2D eigenvalue weighted by molar-refractivity contribution is -0.120. The first kappa shape index (κ1) is 17.7. The quantitative estimate of drug-likeness (QED) is 0.527. The molecule has 0 aliphatic carbocycles. The summed E-state index contributed by atoms with van der Waals surface area (Å²) in [7, 11) is 0. The molecule has 0 saturated heterocycles. The van der Waals surface area contributed by atoms with E-state index in [9.17, 15) is 4.79 Å². The van der Waals surface area contributed by atoms with Crippen LogP contribution in [0.4, 0.5) is 5.69 Å². The van der Waals surface area contributed by atoms with Gasteiger partial charge in [-0.05, 0) is 20.1 Å². The molecule has 0 radical (unpaired) electrons. The zero-order chi connectivity index (χ0) is 18.0. The van der Waals surface area contributed by atoms with E-state index in [2.05, 4.69) is 15.3 Å². The lowest BCUT2D eigenvalue weighted by atomic mass is 10.1. The van der Waals surface area contributed by atoms with Gasteiger partial charge >= 0.3 is 0 Å². The molecule has 1 amide bonds. The number of amides is 1. The Bertz CT molecular complexity index is 906. The third-order valence-electron chi connectivity index (χ3n) is 3.65. The van der Waals surface area contributed by atoms with Crippen molar-refractivity contribution in [2.24, 2.45) is 0 Å². The van der Waals surface area contributed by atoms with Crippen LogP contribution in [0.3, 0.4) is 0 Å². The highest BCUT2D eigenvalue weighted by Crippen LogP contribution is 2.39. The first-order valence-corrected chi connectivity index (χ1v) is 10.0. The third kappa shape index (κ3) is 3.77. The Labute approximate surface area is 155 Å². The summed E-state index contributed by atoms with van der Waals surface area (Å²) in [4.78, 5) is 23.0. The van der Waals surface area contributed by atoms with Crippen LogP contribution in [-0.2, 0) is 11.2 Å². The maximum Gasteiger partial charge on any atom is 0.225 e. The summed E-state index contributed by atoms with van der Waals surface area (Å²) in [6, 6.07) is 10.0. The normalized spacial score (nSPS) is 11.2. The second-order valence-electron chi connectivity index (χ2n) is 5.94. The minimum atomic E-state index is -0.0347. The van der Waals surface area contributed by atoms with Crippen LogP contribution >= 0.6 is 23.1 Å². The maximum absolute atomic E-state index is 12.1. The van der Waals surface area contributed by atoms with Crippen molar-refractivity contribution < 1.29 is 4.79 Å². The molecule has 0 atom stereocenters. The average Bonchev–Trinajstić information content (AvgIpc) is 2.89. The van der Waals surface area contributed by atoms with Gasteiger partial charge in [0.25, 0.3) is 0 Å². The smallest absolute Gasteiger partial charge is 0.225 e. The summed E-state index contributed by atoms with van der Waals surface area (Å²) in [5.41, 5.74) is 8.81. The van der Waals surface area contributed by atoms with Crippen molar-refractivity contribution >= 4 is 44.9 Å². The van der Waals surface area contributed by atoms with Crippen molar-refractivity contribution in [1.29, 1.82) is 0 Å². The van der Waals surface area contributed by atoms with Gasteiger partial charge in [-0.15, -0.1) is 11.3 Å². The molecule has 3 aromatic rings. The van der Waals surface area contributed by atoms with Gasteiger partial charge in [0.1, 0.15) is 4.83 Å². The highest BCUT2D eigenvalue weighted by atomic mass is 32.2. The van der Waals surface area contributed by atoms with Crippen LogP contribution in [0.15, 0.2) is 35.5 Å². The van der Waals surface area contributed by atoms with Gasteiger partial charge in [-0.25, -0.2) is 9.97 Å². The number of carbonyl (C=O) groups excluding carboxylic acids is 1. The number of rotatable bonds is 5. The number of nitrogen functional groups attached to an aromatic ring is 1. The molecule has 25 heavy (non-hydrogen) atoms. The minimum absolute atomic E-state index is 0.0347. The predicted octanol–water partition coefficient (Wildman–Crippen LogP) is 3.73. The SMILES string of the molecule is CSc1nc(-c2ccccc2)c2c(N)c(CC(=O)NC(C)C)sc2n1. The number of nitrogens with zero attached hydrogens (tertiary/aromatic N) is 2. The molecular formula is C18H20N4OS2. The number of nitrogens with two attached hydrogens (primary N) is 1. The Morgan fingerprint density at radius 1 is 1.28 bits per heavy atom. The van der Waals surface area contributed by atoms with E-state index in [1.54, 1.807) is 0 Å². The summed E-state index contributed by atoms with van der Waals surface area (Å²) in [6.07, 6.45) is 2.21. The van der Waals surface area contributed by atoms with Crippen molar-refractivity contribution in [3.05, 3.63) is 35.2 Å². The highest BCUT2D eigenvalue weighted by Gasteiger charge is 2.19. The van der Waals surface area contributed by atoms with Crippen LogP contribution < -0.4 is 11.1 Å². The summed E-state index contributed by atoms with van der Waals surface area (Å²) >= 11 is 2.96. The van der Waals surface area contributed by atoms with Crippen LogP contribution in [0, 0.1) is 0 Å². The molecule has 7 heteroatoms. The molecule has 0 aliphatic rings. The number of hydrogen-bond donors (Lipinski definition) is 2. The maximum atomic E-state index is 12.1. The average molecular weight is 373 g/mol. The lowest BCUT2D eigenvalue weighted by Crippen LogP contribution is -2.31. The first-order valence-electron chi connectivity index (χ1n) is 7.97. The van der Waals surface area contributed by atoms with E-state index in [-0.39, 0.29) is 18.4 Å². The highest BCUT2D eigenvalue weighted by molar-refractivity contribution is 7.98. The van der Waals surface area contributed by atoms with Gasteiger partial charge < -0.3 is 11.1 Å². The fourth-order valence-electron chi connectivity index (χ4n) is 2.59. The second kappa shape index (κ2) is 7.41. The van der Waals surface area contributed by atoms with Crippen molar-refractivity contribution in [2.45, 2.75) is 31.5 Å². The number of thiophene rings is 1. The summed E-state index contributed by atoms with van der Waals surface area (Å²) in [5, 5.41) is 4.44. The number of anilines is 1. The molecule has 2 heterocycles. The van der Waals surface area contributed by atoms with Crippen LogP contribution in [0.2, 0.25) is 0 Å². The van der Waals surface area contributed by atoms with E-state index in [4.69, 9.17) is 5.73 Å². The molecule has 0 spiro atoms. The van der Waals surface area contributed by atoms with Gasteiger partial charge in [0, 0.05) is 16.5 Å². The number of carbonyl (C=O) groups is 1. The van der Waals surface area contributed by atoms with Gasteiger partial charge in [0.15, 0.2) is 5.16 Å². The summed E-state index contributed by atoms with van der Waals surface area (Å²) < 4.78 is 0. The van der Waals surface area contributed by atoms with Crippen molar-refractivity contribution in [1.82, 2.24) is 15.3 Å². The number of fused-ring (bicyclic) bond motifs is 1. The summed E-state index contributed by atoms with van der Waals surface area (Å²) in [6.45, 7) is 3.88. The lowest BCUT2D eigenvalue weighted by Gasteiger charge is -2.08. The molecule has 3 rings (SSSR count). The number of thioether (sulfide) groups is 1. The Hall–Kier alpha value is -2.12. The van der Waals surface area contributed by atoms with Gasteiger partial charge in [-0.1, -0.05) is 42.1 Å². The Morgan fingerprint density at radius 2 is 2.00 bits per heavy atom. The van der Waals surface area contributed by atoms with E-state index >= 15 is 0 Å². The number of nitrogens with one attached hydrogen (secondary N) is 1. The van der Waals surface area contributed by atoms with Crippen LogP contribution in [0.25, 0.3) is 21.5 Å². The molecule has 3 N–H and O–H groups in total. The molecule has 0 aliphatic heterocycles. The standard InChI is InChI=1S/C18H20N4OS2/c1-10(2)20-13(23)9-12-15(19)14-16(11-7-5-4-6-8-11)21-18(24-3)22-17(14)25-12/h4-8,10H,9,19H2,1-3H3,(H,20,23). The Kier molecular flexibility index (Phi) is 5.24. The van der Waals surface area contributed by atoms with E-state index < -0.39 is 0 Å². The third-order valence-corrected chi connectivity index (χ3v) is 5.29. The molecular weight excluding hydrogens is 352 g/mol. The van der Waals surface area contributed by atoms with Crippen LogP contribution in [0.1, 0.15) is 18.7 Å². The van der Waals surface area contributed by atoms with E-state index in [0.29, 0.717) is 10.8 Å². The molecule has 1 aromatic carbocycles. The van der Waals surface area contributed by atoms with Crippen LogP contribution in [0.5, 0.6) is 0 Å². The molecule has 0 bridgehead atoms. The molecule has 130 valence electrons. The first-order chi connectivity index (χ1) is 12.0. The van der Waals surface area contributed by atoms with Crippen molar-refractivity contribution in [3.8, 4) is 11.3 Å². The zero-order valence-corrected chi connectivity index (χ0v) is 16.0. The van der Waals surface area contributed by atoms with Gasteiger partial charge in [0.05, 0.1) is 23.2 Å². The molecule has 5 nitrogen and oxygen atoms in total. The van der Waals surface area contributed by atoms with E-state index in [0.717, 1.165) is 26.4 Å². The van der Waals surface area contributed by atoms with E-state index in [1.807, 2.05) is 50.4 Å². The van der Waals surface area contributed by atoms with Crippen LogP contribution in [-0.4, -0.2) is 28.2 Å². The number of aromatic nitrogens is 2. The van der Waals surface area contributed by atoms with Gasteiger partial charge in [-0.2, -0.15) is 0 Å². The monoisotopic (exact) mass is 372 g/mol. The zero-order valence-electron chi connectivity index (χ0n) is 14.4. The topological polar surface area (TPSA) is 80.9 Å². The van der Waals surface area contributed by atoms with Crippen molar-refractivity contribution in [3.63, 3.8) is 0 Å². The fraction of sp³-hybridized carbons (Fsp3) is 0.278. The predicted molar refractivity (Wildman–Crippen MR) is 106 cm³/mol. The second-order valence-corrected chi connectivity index (χ2v) is 7.80. The van der Waals surface area contributed by atoms with E-state index in [1.165, 1.54) is 23.1 Å². The van der Waals surface area contributed by atoms with Gasteiger partial charge in [-0.3, -0.25) is 4.79 Å². The molecule has 0 unspecified atom stereocenters. The van der Waals surface area contributed by atoms with Crippen molar-refractivity contribution in [2.75, 3.05) is 12.0 Å².